The molecule has 7 nitrogen and oxygen atoms in total. The van der Waals surface area contributed by atoms with E-state index in [4.69, 9.17) is 9.97 Å². The predicted octanol–water partition coefficient (Wildman–Crippen LogP) is 4.66. The molecule has 2 N–H and O–H groups in total. The summed E-state index contributed by atoms with van der Waals surface area (Å²) >= 11 is 0. The molecule has 35 heavy (non-hydrogen) atoms. The van der Waals surface area contributed by atoms with Crippen molar-refractivity contribution in [1.82, 2.24) is 14.4 Å². The molecule has 0 aliphatic rings. The maximum Gasteiger partial charge on any atom is 0.229 e. The highest BCUT2D eigenvalue weighted by Crippen LogP contribution is 2.28. The number of sulfonamides is 1. The first-order valence-electron chi connectivity index (χ1n) is 11.1. The Hall–Kier alpha value is -4.17. The van der Waals surface area contributed by atoms with Gasteiger partial charge in [-0.1, -0.05) is 72.8 Å². The fourth-order valence-electron chi connectivity index (χ4n) is 4.07. The summed E-state index contributed by atoms with van der Waals surface area (Å²) in [6.45, 7) is 0. The fourth-order valence-corrected chi connectivity index (χ4v) is 4.63. The SMILES string of the molecule is CS(=O)(=O)Nc1cccc(Cc2nc3c(Cc4ccccc4)nc(-c4ccccc4)cn3c2O)c1. The number of hydrogen-bond donors (Lipinski definition) is 2. The van der Waals surface area contributed by atoms with Gasteiger partial charge in [0, 0.05) is 30.3 Å². The number of benzene rings is 3. The Balaban J connectivity index is 1.58. The highest BCUT2D eigenvalue weighted by Gasteiger charge is 2.18. The van der Waals surface area contributed by atoms with Gasteiger partial charge in [0.05, 0.1) is 17.6 Å². The van der Waals surface area contributed by atoms with Crippen molar-refractivity contribution in [2.75, 3.05) is 11.0 Å². The van der Waals surface area contributed by atoms with Gasteiger partial charge in [0.1, 0.15) is 5.69 Å². The Morgan fingerprint density at radius 2 is 1.49 bits per heavy atom. The minimum atomic E-state index is -3.39. The van der Waals surface area contributed by atoms with E-state index in [1.807, 2.05) is 66.7 Å². The summed E-state index contributed by atoms with van der Waals surface area (Å²) in [4.78, 5) is 9.67. The fraction of sp³-hybridized carbons (Fsp3) is 0.111. The zero-order valence-electron chi connectivity index (χ0n) is 19.1. The monoisotopic (exact) mass is 484 g/mol. The Labute approximate surface area is 203 Å². The maximum atomic E-state index is 11.6. The van der Waals surface area contributed by atoms with Crippen LogP contribution in [0.4, 0.5) is 5.69 Å². The third-order valence-electron chi connectivity index (χ3n) is 5.61. The van der Waals surface area contributed by atoms with E-state index in [1.54, 1.807) is 28.8 Å². The molecule has 5 aromatic rings. The van der Waals surface area contributed by atoms with Crippen molar-refractivity contribution in [3.8, 4) is 17.1 Å². The first-order chi connectivity index (χ1) is 16.9. The summed E-state index contributed by atoms with van der Waals surface area (Å²) in [5, 5.41) is 11.1. The highest BCUT2D eigenvalue weighted by atomic mass is 32.2. The number of imidazole rings is 1. The maximum absolute atomic E-state index is 11.6. The van der Waals surface area contributed by atoms with Gasteiger partial charge in [-0.2, -0.15) is 0 Å². The van der Waals surface area contributed by atoms with Crippen LogP contribution in [0.15, 0.2) is 91.1 Å². The summed E-state index contributed by atoms with van der Waals surface area (Å²) in [5.74, 6) is 0.0374. The quantitative estimate of drug-likeness (QED) is 0.350. The average molecular weight is 485 g/mol. The zero-order valence-corrected chi connectivity index (χ0v) is 19.9. The van der Waals surface area contributed by atoms with E-state index in [1.165, 1.54) is 0 Å². The largest absolute Gasteiger partial charge is 0.493 e. The first kappa shape index (κ1) is 22.6. The molecule has 0 spiro atoms. The van der Waals surface area contributed by atoms with Gasteiger partial charge in [0.2, 0.25) is 15.9 Å². The van der Waals surface area contributed by atoms with Crippen LogP contribution < -0.4 is 4.72 Å². The van der Waals surface area contributed by atoms with Crippen LogP contribution in [0.2, 0.25) is 0 Å². The molecule has 5 rings (SSSR count). The second-order valence-electron chi connectivity index (χ2n) is 8.43. The normalized spacial score (nSPS) is 11.6. The van der Waals surface area contributed by atoms with Crippen molar-refractivity contribution >= 4 is 21.4 Å². The smallest absolute Gasteiger partial charge is 0.229 e. The van der Waals surface area contributed by atoms with Gasteiger partial charge in [-0.3, -0.25) is 9.12 Å². The number of fused-ring (bicyclic) bond motifs is 1. The van der Waals surface area contributed by atoms with Crippen LogP contribution in [0.5, 0.6) is 5.88 Å². The van der Waals surface area contributed by atoms with E-state index in [9.17, 15) is 13.5 Å². The summed E-state index contributed by atoms with van der Waals surface area (Å²) < 4.78 is 27.4. The number of aromatic nitrogens is 3. The van der Waals surface area contributed by atoms with E-state index in [2.05, 4.69) is 4.72 Å². The molecule has 0 saturated carbocycles. The van der Waals surface area contributed by atoms with Crippen molar-refractivity contribution in [2.45, 2.75) is 12.8 Å². The first-order valence-corrected chi connectivity index (χ1v) is 13.0. The van der Waals surface area contributed by atoms with Gasteiger partial charge < -0.3 is 5.11 Å². The van der Waals surface area contributed by atoms with Crippen LogP contribution in [-0.2, 0) is 22.9 Å². The molecule has 2 aromatic heterocycles. The molecule has 0 atom stereocenters. The summed E-state index contributed by atoms with van der Waals surface area (Å²) in [6, 6.07) is 26.9. The topological polar surface area (TPSA) is 96.6 Å². The molecule has 0 radical (unpaired) electrons. The average Bonchev–Trinajstić information content (AvgIpc) is 3.15. The molecular formula is C27H24N4O3S. The molecule has 176 valence electrons. The lowest BCUT2D eigenvalue weighted by molar-refractivity contribution is 0.442. The molecule has 0 aliphatic heterocycles. The zero-order chi connectivity index (χ0) is 24.4. The molecule has 2 heterocycles. The van der Waals surface area contributed by atoms with Crippen molar-refractivity contribution in [2.24, 2.45) is 0 Å². The third-order valence-corrected chi connectivity index (χ3v) is 6.21. The summed E-state index contributed by atoms with van der Waals surface area (Å²) in [5.41, 5.74) is 5.89. The van der Waals surface area contributed by atoms with Gasteiger partial charge >= 0.3 is 0 Å². The highest BCUT2D eigenvalue weighted by molar-refractivity contribution is 7.92. The van der Waals surface area contributed by atoms with Crippen LogP contribution in [0, 0.1) is 0 Å². The van der Waals surface area contributed by atoms with E-state index in [0.717, 1.165) is 34.3 Å². The Morgan fingerprint density at radius 3 is 2.20 bits per heavy atom. The van der Waals surface area contributed by atoms with Gasteiger partial charge in [-0.05, 0) is 23.3 Å². The lowest BCUT2D eigenvalue weighted by Crippen LogP contribution is -2.09. The van der Waals surface area contributed by atoms with Gasteiger partial charge in [-0.15, -0.1) is 0 Å². The summed E-state index contributed by atoms with van der Waals surface area (Å²) in [6.07, 6.45) is 3.80. The Morgan fingerprint density at radius 1 is 0.829 bits per heavy atom. The second kappa shape index (κ2) is 9.23. The van der Waals surface area contributed by atoms with Crippen LogP contribution in [0.25, 0.3) is 16.9 Å². The number of nitrogens with zero attached hydrogens (tertiary/aromatic N) is 3. The number of aromatic hydroxyl groups is 1. The number of nitrogens with one attached hydrogen (secondary N) is 1. The van der Waals surface area contributed by atoms with Crippen LogP contribution in [0.1, 0.15) is 22.5 Å². The van der Waals surface area contributed by atoms with Gasteiger partial charge in [-0.25, -0.2) is 18.4 Å². The lowest BCUT2D eigenvalue weighted by atomic mass is 10.1. The lowest BCUT2D eigenvalue weighted by Gasteiger charge is -2.08. The minimum absolute atomic E-state index is 0.0374. The second-order valence-corrected chi connectivity index (χ2v) is 10.2. The molecule has 0 unspecified atom stereocenters. The van der Waals surface area contributed by atoms with Crippen LogP contribution >= 0.6 is 0 Å². The van der Waals surface area contributed by atoms with Crippen molar-refractivity contribution in [3.63, 3.8) is 0 Å². The van der Waals surface area contributed by atoms with Crippen LogP contribution in [-0.4, -0.2) is 34.1 Å². The van der Waals surface area contributed by atoms with Crippen LogP contribution in [0.3, 0.4) is 0 Å². The van der Waals surface area contributed by atoms with Crippen molar-refractivity contribution < 1.29 is 13.5 Å². The van der Waals surface area contributed by atoms with E-state index in [0.29, 0.717) is 29.9 Å². The molecule has 0 amide bonds. The molecular weight excluding hydrogens is 460 g/mol. The minimum Gasteiger partial charge on any atom is -0.493 e. The molecule has 0 aliphatic carbocycles. The van der Waals surface area contributed by atoms with Gasteiger partial charge in [0.25, 0.3) is 0 Å². The van der Waals surface area contributed by atoms with Gasteiger partial charge in [0.15, 0.2) is 5.65 Å². The van der Waals surface area contributed by atoms with Crippen molar-refractivity contribution in [1.29, 1.82) is 0 Å². The van der Waals surface area contributed by atoms with Crippen molar-refractivity contribution in [3.05, 3.63) is 114 Å². The third kappa shape index (κ3) is 5.17. The molecule has 8 heteroatoms. The number of anilines is 1. The Bertz CT molecular complexity index is 1600. The molecule has 0 fully saturated rings. The number of hydrogen-bond acceptors (Lipinski definition) is 5. The molecule has 0 saturated heterocycles. The Kier molecular flexibility index (Phi) is 5.96. The standard InChI is InChI=1S/C27H24N4O3S/c1-35(33,34)30-22-14-8-11-20(15-22)17-24-27(32)31-18-25(21-12-6-3-7-13-21)28-23(26(31)29-24)16-19-9-4-2-5-10-19/h2-15,18,30,32H,16-17H2,1H3. The predicted molar refractivity (Wildman–Crippen MR) is 137 cm³/mol. The molecule has 0 bridgehead atoms. The van der Waals surface area contributed by atoms with E-state index in [-0.39, 0.29) is 5.88 Å². The van der Waals surface area contributed by atoms with E-state index >= 15 is 0 Å². The number of rotatable bonds is 7. The summed E-state index contributed by atoms with van der Waals surface area (Å²) in [7, 11) is -3.39. The molecule has 3 aromatic carbocycles. The van der Waals surface area contributed by atoms with E-state index < -0.39 is 10.0 Å².